The molecular weight excluding hydrogens is 226 g/mol. The van der Waals surface area contributed by atoms with Gasteiger partial charge in [-0.1, -0.05) is 13.8 Å². The minimum absolute atomic E-state index is 0.0495. The van der Waals surface area contributed by atoms with Gasteiger partial charge in [0.1, 0.15) is 11.6 Å². The molecule has 0 spiro atoms. The number of rotatable bonds is 3. The maximum Gasteiger partial charge on any atom is 0.263 e. The third-order valence-corrected chi connectivity index (χ3v) is 2.99. The molecule has 1 rings (SSSR count). The number of nitriles is 1. The van der Waals surface area contributed by atoms with Gasteiger partial charge in [0.25, 0.3) is 5.91 Å². The Bertz CT molecular complexity index is 358. The molecular formula is C14H23N3O. The highest BCUT2D eigenvalue weighted by Crippen LogP contribution is 2.21. The van der Waals surface area contributed by atoms with Gasteiger partial charge in [-0.15, -0.1) is 0 Å². The molecule has 18 heavy (non-hydrogen) atoms. The molecule has 4 heteroatoms. The molecule has 0 aromatic rings. The van der Waals surface area contributed by atoms with Crippen LogP contribution >= 0.6 is 0 Å². The average Bonchev–Trinajstić information content (AvgIpc) is 2.23. The lowest BCUT2D eigenvalue weighted by Gasteiger charge is -2.34. The van der Waals surface area contributed by atoms with Crippen molar-refractivity contribution in [1.82, 2.24) is 10.2 Å². The summed E-state index contributed by atoms with van der Waals surface area (Å²) in [6.45, 7) is 10.0. The lowest BCUT2D eigenvalue weighted by Crippen LogP contribution is -2.37. The van der Waals surface area contributed by atoms with Crippen molar-refractivity contribution in [2.45, 2.75) is 40.2 Å². The molecule has 0 aromatic carbocycles. The Labute approximate surface area is 110 Å². The molecule has 0 aliphatic carbocycles. The zero-order chi connectivity index (χ0) is 13.7. The van der Waals surface area contributed by atoms with E-state index >= 15 is 0 Å². The number of amides is 1. The second-order valence-corrected chi connectivity index (χ2v) is 5.68. The predicted molar refractivity (Wildman–Crippen MR) is 71.5 cm³/mol. The molecule has 1 heterocycles. The Balaban J connectivity index is 2.72. The van der Waals surface area contributed by atoms with Crippen LogP contribution in [0.3, 0.4) is 0 Å². The topological polar surface area (TPSA) is 56.1 Å². The summed E-state index contributed by atoms with van der Waals surface area (Å²) in [5.41, 5.74) is 0.199. The molecule has 1 saturated heterocycles. The van der Waals surface area contributed by atoms with Crippen LogP contribution in [-0.4, -0.2) is 29.9 Å². The van der Waals surface area contributed by atoms with Crippen molar-refractivity contribution >= 4 is 5.91 Å². The number of nitrogens with one attached hydrogen (secondary N) is 1. The fourth-order valence-electron chi connectivity index (χ4n) is 2.48. The third-order valence-electron chi connectivity index (χ3n) is 2.99. The summed E-state index contributed by atoms with van der Waals surface area (Å²) < 4.78 is 0. The number of hydrogen-bond acceptors (Lipinski definition) is 3. The largest absolute Gasteiger partial charge is 0.376 e. The van der Waals surface area contributed by atoms with E-state index in [-0.39, 0.29) is 17.5 Å². The second kappa shape index (κ2) is 6.44. The van der Waals surface area contributed by atoms with Crippen molar-refractivity contribution in [3.8, 4) is 6.07 Å². The highest BCUT2D eigenvalue weighted by molar-refractivity contribution is 5.97. The normalized spacial score (nSPS) is 24.9. The van der Waals surface area contributed by atoms with Crippen molar-refractivity contribution in [2.75, 3.05) is 13.1 Å². The van der Waals surface area contributed by atoms with Crippen LogP contribution in [0, 0.1) is 23.2 Å². The maximum absolute atomic E-state index is 11.8. The van der Waals surface area contributed by atoms with E-state index in [9.17, 15) is 4.79 Å². The van der Waals surface area contributed by atoms with Gasteiger partial charge >= 0.3 is 0 Å². The van der Waals surface area contributed by atoms with Crippen LogP contribution in [0.5, 0.6) is 0 Å². The van der Waals surface area contributed by atoms with Gasteiger partial charge < -0.3 is 10.2 Å². The van der Waals surface area contributed by atoms with Gasteiger partial charge in [-0.05, 0) is 32.1 Å². The van der Waals surface area contributed by atoms with Gasteiger partial charge in [0.15, 0.2) is 0 Å². The minimum Gasteiger partial charge on any atom is -0.376 e. The lowest BCUT2D eigenvalue weighted by atomic mass is 9.92. The first-order valence-corrected chi connectivity index (χ1v) is 6.59. The highest BCUT2D eigenvalue weighted by Gasteiger charge is 2.21. The van der Waals surface area contributed by atoms with E-state index in [4.69, 9.17) is 5.26 Å². The molecule has 0 radical (unpaired) electrons. The van der Waals surface area contributed by atoms with Crippen molar-refractivity contribution in [1.29, 1.82) is 5.26 Å². The molecule has 0 aromatic heterocycles. The summed E-state index contributed by atoms with van der Waals surface area (Å²) in [5.74, 6) is 0.939. The van der Waals surface area contributed by atoms with Gasteiger partial charge in [-0.25, -0.2) is 0 Å². The van der Waals surface area contributed by atoms with E-state index in [0.717, 1.165) is 13.1 Å². The number of nitrogens with zero attached hydrogens (tertiary/aromatic N) is 2. The Hall–Kier alpha value is -1.50. The van der Waals surface area contributed by atoms with Crippen molar-refractivity contribution in [3.63, 3.8) is 0 Å². The Kier molecular flexibility index (Phi) is 5.21. The molecule has 0 bridgehead atoms. The van der Waals surface area contributed by atoms with Gasteiger partial charge in [0.05, 0.1) is 0 Å². The van der Waals surface area contributed by atoms with Crippen LogP contribution in [0.2, 0.25) is 0 Å². The van der Waals surface area contributed by atoms with E-state index < -0.39 is 0 Å². The van der Waals surface area contributed by atoms with E-state index in [1.54, 1.807) is 6.20 Å². The summed E-state index contributed by atoms with van der Waals surface area (Å²) in [4.78, 5) is 13.9. The van der Waals surface area contributed by atoms with Crippen LogP contribution < -0.4 is 5.32 Å². The van der Waals surface area contributed by atoms with Gasteiger partial charge in [-0.3, -0.25) is 4.79 Å². The Morgan fingerprint density at radius 1 is 1.39 bits per heavy atom. The molecule has 4 nitrogen and oxygen atoms in total. The molecule has 0 saturated carbocycles. The van der Waals surface area contributed by atoms with Crippen LogP contribution in [0.1, 0.15) is 34.1 Å². The fraction of sp³-hybridized carbons (Fsp3) is 0.714. The zero-order valence-electron chi connectivity index (χ0n) is 11.7. The highest BCUT2D eigenvalue weighted by atomic mass is 16.1. The maximum atomic E-state index is 11.8. The average molecular weight is 249 g/mol. The third kappa shape index (κ3) is 4.40. The van der Waals surface area contributed by atoms with Crippen molar-refractivity contribution in [3.05, 3.63) is 11.8 Å². The molecule has 1 amide bonds. The quantitative estimate of drug-likeness (QED) is 0.614. The second-order valence-electron chi connectivity index (χ2n) is 5.68. The summed E-state index contributed by atoms with van der Waals surface area (Å²) in [7, 11) is 0. The van der Waals surface area contributed by atoms with E-state index in [2.05, 4.69) is 24.1 Å². The fourth-order valence-corrected chi connectivity index (χ4v) is 2.48. The number of hydrogen-bond donors (Lipinski definition) is 1. The monoisotopic (exact) mass is 249 g/mol. The number of carbonyl (C=O) groups is 1. The summed E-state index contributed by atoms with van der Waals surface area (Å²) in [6, 6.07) is 2.04. The van der Waals surface area contributed by atoms with Gasteiger partial charge in [-0.2, -0.15) is 5.26 Å². The van der Waals surface area contributed by atoms with Gasteiger partial charge in [0, 0.05) is 25.3 Å². The van der Waals surface area contributed by atoms with E-state index in [1.165, 1.54) is 6.42 Å². The summed E-state index contributed by atoms with van der Waals surface area (Å²) in [5, 5.41) is 11.8. The molecule has 2 atom stereocenters. The molecule has 1 aliphatic rings. The molecule has 1 aliphatic heterocycles. The van der Waals surface area contributed by atoms with Crippen molar-refractivity contribution < 1.29 is 4.79 Å². The number of piperidine rings is 1. The Morgan fingerprint density at radius 3 is 2.39 bits per heavy atom. The minimum atomic E-state index is -0.279. The molecule has 2 unspecified atom stereocenters. The summed E-state index contributed by atoms with van der Waals surface area (Å²) in [6.07, 6.45) is 2.92. The standard InChI is InChI=1S/C14H23N3O/c1-10(2)16-14(18)13(6-15)9-17-7-11(3)5-12(4)8-17/h9-12H,5,7-8H2,1-4H3,(H,16,18)/b13-9-. The van der Waals surface area contributed by atoms with Crippen molar-refractivity contribution in [2.24, 2.45) is 11.8 Å². The van der Waals surface area contributed by atoms with Crippen LogP contribution in [0.15, 0.2) is 11.8 Å². The lowest BCUT2D eigenvalue weighted by molar-refractivity contribution is -0.117. The molecule has 1 N–H and O–H groups in total. The van der Waals surface area contributed by atoms with Crippen LogP contribution in [0.25, 0.3) is 0 Å². The predicted octanol–water partition coefficient (Wildman–Crippen LogP) is 1.90. The summed E-state index contributed by atoms with van der Waals surface area (Å²) >= 11 is 0. The Morgan fingerprint density at radius 2 is 1.94 bits per heavy atom. The number of likely N-dealkylation sites (tertiary alicyclic amines) is 1. The SMILES string of the molecule is CC1CC(C)CN(/C=C(/C#N)C(=O)NC(C)C)C1. The first-order valence-electron chi connectivity index (χ1n) is 6.59. The van der Waals surface area contributed by atoms with Gasteiger partial charge in [0.2, 0.25) is 0 Å². The van der Waals surface area contributed by atoms with E-state index in [1.807, 2.05) is 19.9 Å². The molecule has 100 valence electrons. The van der Waals surface area contributed by atoms with E-state index in [0.29, 0.717) is 11.8 Å². The van der Waals surface area contributed by atoms with Crippen LogP contribution in [-0.2, 0) is 4.79 Å². The first kappa shape index (κ1) is 14.6. The first-order chi connectivity index (χ1) is 8.42. The number of carbonyl (C=O) groups excluding carboxylic acids is 1. The zero-order valence-corrected chi connectivity index (χ0v) is 11.7. The molecule has 1 fully saturated rings. The van der Waals surface area contributed by atoms with Crippen LogP contribution in [0.4, 0.5) is 0 Å². The smallest absolute Gasteiger partial charge is 0.263 e.